The maximum Gasteiger partial charge on any atom is 0.281 e. The molecule has 1 aliphatic heterocycles. The normalized spacial score (nSPS) is 19.1. The number of piperidine rings is 1. The van der Waals surface area contributed by atoms with E-state index >= 15 is 0 Å². The third kappa shape index (κ3) is 4.84. The number of nitrogens with zero attached hydrogens (tertiary/aromatic N) is 5. The van der Waals surface area contributed by atoms with Gasteiger partial charge in [-0.1, -0.05) is 49.4 Å². The standard InChI is InChI=1S/C31H36N6O3/c1-20(21-6-4-3-5-7-21)16-26(38)36-14-12-31(40,13-15-36)18-37-19-33-27-28(30(37)39)34-35(2)29(27)23-8-10-24-22(17-23)9-11-25(24)32/h3-8,10,17,19-20,25,40H,9,11-16,18,32H2,1-2H3/t20-,25?/m1/s1. The molecule has 0 bridgehead atoms. The summed E-state index contributed by atoms with van der Waals surface area (Å²) in [4.78, 5) is 32.9. The van der Waals surface area contributed by atoms with Crippen molar-refractivity contribution in [3.8, 4) is 11.3 Å². The van der Waals surface area contributed by atoms with Gasteiger partial charge >= 0.3 is 0 Å². The summed E-state index contributed by atoms with van der Waals surface area (Å²) < 4.78 is 3.16. The van der Waals surface area contributed by atoms with Crippen LogP contribution in [0.4, 0.5) is 0 Å². The predicted octanol–water partition coefficient (Wildman–Crippen LogP) is 3.29. The van der Waals surface area contributed by atoms with Gasteiger partial charge in [-0.15, -0.1) is 0 Å². The fourth-order valence-corrected chi connectivity index (χ4v) is 6.27. The Morgan fingerprint density at radius 2 is 1.90 bits per heavy atom. The van der Waals surface area contributed by atoms with Crippen molar-refractivity contribution in [3.63, 3.8) is 0 Å². The highest BCUT2D eigenvalue weighted by molar-refractivity contribution is 5.89. The fraction of sp³-hybridized carbons (Fsp3) is 0.419. The first-order valence-corrected chi connectivity index (χ1v) is 14.1. The molecule has 1 aliphatic carbocycles. The van der Waals surface area contributed by atoms with Crippen LogP contribution in [0.5, 0.6) is 0 Å². The summed E-state index contributed by atoms with van der Waals surface area (Å²) in [6, 6.07) is 16.3. The van der Waals surface area contributed by atoms with E-state index in [1.54, 1.807) is 4.68 Å². The van der Waals surface area contributed by atoms with Crippen LogP contribution in [0.2, 0.25) is 0 Å². The highest BCUT2D eigenvalue weighted by Gasteiger charge is 2.35. The number of hydrogen-bond donors (Lipinski definition) is 2. The number of nitrogens with two attached hydrogens (primary N) is 1. The summed E-state index contributed by atoms with van der Waals surface area (Å²) in [6.45, 7) is 3.08. The summed E-state index contributed by atoms with van der Waals surface area (Å²) in [5, 5.41) is 15.9. The molecule has 1 fully saturated rings. The second-order valence-electron chi connectivity index (χ2n) is 11.5. The molecular formula is C31H36N6O3. The van der Waals surface area contributed by atoms with Gasteiger partial charge in [0.15, 0.2) is 5.52 Å². The van der Waals surface area contributed by atoms with Crippen LogP contribution in [-0.2, 0) is 24.8 Å². The van der Waals surface area contributed by atoms with E-state index in [9.17, 15) is 14.7 Å². The molecule has 0 spiro atoms. The van der Waals surface area contributed by atoms with Gasteiger partial charge in [-0.3, -0.25) is 18.8 Å². The molecule has 4 aromatic rings. The number of carbonyl (C=O) groups is 1. The maximum atomic E-state index is 13.5. The van der Waals surface area contributed by atoms with Crippen molar-refractivity contribution in [2.45, 2.75) is 63.1 Å². The van der Waals surface area contributed by atoms with E-state index in [0.29, 0.717) is 37.9 Å². The molecule has 0 saturated carbocycles. The number of carbonyl (C=O) groups excluding carboxylic acids is 1. The Bertz CT molecular complexity index is 1620. The molecule has 1 unspecified atom stereocenters. The monoisotopic (exact) mass is 540 g/mol. The lowest BCUT2D eigenvalue weighted by Gasteiger charge is -2.38. The molecule has 2 aliphatic rings. The minimum Gasteiger partial charge on any atom is -0.388 e. The molecule has 9 heteroatoms. The van der Waals surface area contributed by atoms with Crippen molar-refractivity contribution in [3.05, 3.63) is 81.9 Å². The van der Waals surface area contributed by atoms with E-state index in [-0.39, 0.29) is 35.5 Å². The van der Waals surface area contributed by atoms with Crippen LogP contribution in [-0.4, -0.2) is 53.9 Å². The number of benzene rings is 2. The molecule has 3 heterocycles. The summed E-state index contributed by atoms with van der Waals surface area (Å²) in [7, 11) is 1.82. The quantitative estimate of drug-likeness (QED) is 0.387. The Hall–Kier alpha value is -3.82. The highest BCUT2D eigenvalue weighted by atomic mass is 16.3. The summed E-state index contributed by atoms with van der Waals surface area (Å²) in [6.07, 6.45) is 4.61. The molecule has 208 valence electrons. The molecule has 1 amide bonds. The van der Waals surface area contributed by atoms with Gasteiger partial charge in [-0.25, -0.2) is 4.98 Å². The smallest absolute Gasteiger partial charge is 0.281 e. The van der Waals surface area contributed by atoms with E-state index in [1.807, 2.05) is 48.3 Å². The Morgan fingerprint density at radius 3 is 2.65 bits per heavy atom. The molecule has 2 aromatic heterocycles. The molecule has 3 N–H and O–H groups in total. The van der Waals surface area contributed by atoms with E-state index in [4.69, 9.17) is 5.73 Å². The van der Waals surface area contributed by atoms with Crippen LogP contribution in [0.15, 0.2) is 59.7 Å². The minimum atomic E-state index is -1.10. The van der Waals surface area contributed by atoms with Crippen molar-refractivity contribution in [2.24, 2.45) is 12.8 Å². The first-order valence-electron chi connectivity index (χ1n) is 14.1. The van der Waals surface area contributed by atoms with Gasteiger partial charge in [0, 0.05) is 38.2 Å². The minimum absolute atomic E-state index is 0.0753. The first kappa shape index (κ1) is 26.4. The number of fused-ring (bicyclic) bond motifs is 2. The number of aromatic nitrogens is 4. The Labute approximate surface area is 233 Å². The molecule has 2 aromatic carbocycles. The number of aryl methyl sites for hydroxylation is 2. The highest BCUT2D eigenvalue weighted by Crippen LogP contribution is 2.34. The number of likely N-dealkylation sites (tertiary alicyclic amines) is 1. The number of amides is 1. The second kappa shape index (κ2) is 10.3. The second-order valence-corrected chi connectivity index (χ2v) is 11.5. The fourth-order valence-electron chi connectivity index (χ4n) is 6.27. The third-order valence-corrected chi connectivity index (χ3v) is 8.71. The number of rotatable bonds is 6. The Balaban J connectivity index is 1.16. The zero-order valence-electron chi connectivity index (χ0n) is 23.1. The zero-order chi connectivity index (χ0) is 28.0. The van der Waals surface area contributed by atoms with E-state index in [1.165, 1.54) is 22.0 Å². The number of hydrogen-bond acceptors (Lipinski definition) is 6. The average Bonchev–Trinajstić information content (AvgIpc) is 3.50. The molecule has 40 heavy (non-hydrogen) atoms. The Kier molecular flexibility index (Phi) is 6.80. The van der Waals surface area contributed by atoms with Crippen LogP contribution in [0, 0.1) is 0 Å². The van der Waals surface area contributed by atoms with Gasteiger partial charge in [0.1, 0.15) is 5.52 Å². The van der Waals surface area contributed by atoms with Gasteiger partial charge in [-0.2, -0.15) is 5.10 Å². The average molecular weight is 541 g/mol. The molecule has 6 rings (SSSR count). The van der Waals surface area contributed by atoms with E-state index in [2.05, 4.69) is 29.1 Å². The van der Waals surface area contributed by atoms with Gasteiger partial charge < -0.3 is 15.7 Å². The van der Waals surface area contributed by atoms with Crippen molar-refractivity contribution in [1.82, 2.24) is 24.2 Å². The number of aliphatic hydroxyl groups is 1. The van der Waals surface area contributed by atoms with Gasteiger partial charge in [0.25, 0.3) is 5.56 Å². The van der Waals surface area contributed by atoms with Crippen molar-refractivity contribution in [2.75, 3.05) is 13.1 Å². The lowest BCUT2D eigenvalue weighted by molar-refractivity contribution is -0.136. The van der Waals surface area contributed by atoms with Crippen LogP contribution >= 0.6 is 0 Å². The summed E-state index contributed by atoms with van der Waals surface area (Å²) >= 11 is 0. The lowest BCUT2D eigenvalue weighted by Crippen LogP contribution is -2.49. The lowest BCUT2D eigenvalue weighted by atomic mass is 9.90. The van der Waals surface area contributed by atoms with Crippen molar-refractivity contribution < 1.29 is 9.90 Å². The molecule has 9 nitrogen and oxygen atoms in total. The molecule has 2 atom stereocenters. The van der Waals surface area contributed by atoms with Crippen LogP contribution in [0.1, 0.15) is 61.3 Å². The molecular weight excluding hydrogens is 504 g/mol. The van der Waals surface area contributed by atoms with Crippen LogP contribution < -0.4 is 11.3 Å². The van der Waals surface area contributed by atoms with Crippen LogP contribution in [0.3, 0.4) is 0 Å². The van der Waals surface area contributed by atoms with Crippen molar-refractivity contribution >= 4 is 16.9 Å². The third-order valence-electron chi connectivity index (χ3n) is 8.71. The first-order chi connectivity index (χ1) is 19.2. The summed E-state index contributed by atoms with van der Waals surface area (Å²) in [5.41, 5.74) is 11.0. The Morgan fingerprint density at radius 1 is 1.15 bits per heavy atom. The molecule has 0 radical (unpaired) electrons. The molecule has 1 saturated heterocycles. The predicted molar refractivity (Wildman–Crippen MR) is 154 cm³/mol. The summed E-state index contributed by atoms with van der Waals surface area (Å²) in [5.74, 6) is 0.219. The van der Waals surface area contributed by atoms with Gasteiger partial charge in [-0.05, 0) is 54.4 Å². The SMILES string of the molecule is C[C@H](CC(=O)N1CCC(O)(Cn2cnc3c(-c4ccc5c(c4)CCC5N)n(C)nc3c2=O)CC1)c1ccccc1. The van der Waals surface area contributed by atoms with Crippen LogP contribution in [0.25, 0.3) is 22.3 Å². The van der Waals surface area contributed by atoms with E-state index < -0.39 is 5.60 Å². The largest absolute Gasteiger partial charge is 0.388 e. The maximum absolute atomic E-state index is 13.5. The topological polar surface area (TPSA) is 119 Å². The zero-order valence-corrected chi connectivity index (χ0v) is 23.1. The van der Waals surface area contributed by atoms with Gasteiger partial charge in [0.2, 0.25) is 5.91 Å². The van der Waals surface area contributed by atoms with E-state index in [0.717, 1.165) is 29.7 Å². The van der Waals surface area contributed by atoms with Gasteiger partial charge in [0.05, 0.1) is 24.2 Å². The van der Waals surface area contributed by atoms with Crippen molar-refractivity contribution in [1.29, 1.82) is 0 Å².